The molecule has 8 nitrogen and oxygen atoms in total. The molecule has 1 fully saturated rings. The maximum absolute atomic E-state index is 14.3. The van der Waals surface area contributed by atoms with Gasteiger partial charge in [0.1, 0.15) is 11.6 Å². The Morgan fingerprint density at radius 1 is 1.17 bits per heavy atom. The molecule has 2 aromatic rings. The number of ether oxygens (including phenoxy) is 1. The molecule has 0 unspecified atom stereocenters. The average molecular weight is 422 g/mol. The molecule has 1 aromatic heterocycles. The third kappa shape index (κ3) is 4.77. The zero-order valence-electron chi connectivity index (χ0n) is 16.5. The van der Waals surface area contributed by atoms with Crippen LogP contribution in [0.4, 0.5) is 10.1 Å². The molecule has 0 radical (unpaired) electrons. The second-order valence-corrected chi connectivity index (χ2v) is 9.60. The summed E-state index contributed by atoms with van der Waals surface area (Å²) < 4.78 is 46.2. The van der Waals surface area contributed by atoms with E-state index in [-0.39, 0.29) is 34.7 Å². The number of anilines is 1. The number of halogens is 1. The van der Waals surface area contributed by atoms with E-state index in [0.29, 0.717) is 19.0 Å². The number of carbonyl (C=O) groups is 1. The number of aromatic nitrogens is 2. The molecule has 0 aliphatic carbocycles. The van der Waals surface area contributed by atoms with Gasteiger partial charge in [0.25, 0.3) is 5.91 Å². The van der Waals surface area contributed by atoms with Crippen LogP contribution in [0.2, 0.25) is 0 Å². The molecule has 3 rings (SSSR count). The molecule has 1 saturated heterocycles. The van der Waals surface area contributed by atoms with E-state index >= 15 is 0 Å². The Balaban J connectivity index is 1.83. The monoisotopic (exact) mass is 422 g/mol. The van der Waals surface area contributed by atoms with Gasteiger partial charge in [-0.25, -0.2) is 22.8 Å². The molecule has 1 aliphatic heterocycles. The SMILES string of the molecule is CC(C)(C)c1ncc(NC(=O)c2cc(S(=O)(=O)N3CCOCC3)ccc2F)cn1. The lowest BCUT2D eigenvalue weighted by Gasteiger charge is -2.26. The number of sulfonamides is 1. The number of amides is 1. The predicted octanol–water partition coefficient (Wildman–Crippen LogP) is 2.19. The lowest BCUT2D eigenvalue weighted by atomic mass is 9.96. The highest BCUT2D eigenvalue weighted by Gasteiger charge is 2.28. The molecule has 156 valence electrons. The van der Waals surface area contributed by atoms with Gasteiger partial charge in [-0.1, -0.05) is 20.8 Å². The Labute approximate surface area is 169 Å². The summed E-state index contributed by atoms with van der Waals surface area (Å²) in [6.07, 6.45) is 2.86. The quantitative estimate of drug-likeness (QED) is 0.811. The number of nitrogens with one attached hydrogen (secondary N) is 1. The molecule has 0 spiro atoms. The summed E-state index contributed by atoms with van der Waals surface area (Å²) in [5.74, 6) is -1.01. The van der Waals surface area contributed by atoms with Crippen molar-refractivity contribution in [3.05, 3.63) is 47.8 Å². The Hall–Kier alpha value is -2.43. The van der Waals surface area contributed by atoms with Gasteiger partial charge in [0.2, 0.25) is 10.0 Å². The third-order valence-electron chi connectivity index (χ3n) is 4.37. The molecule has 0 saturated carbocycles. The molecular formula is C19H23FN4O4S. The minimum Gasteiger partial charge on any atom is -0.379 e. The van der Waals surface area contributed by atoms with Crippen LogP contribution < -0.4 is 5.32 Å². The molecule has 1 amide bonds. The lowest BCUT2D eigenvalue weighted by Crippen LogP contribution is -2.40. The fraction of sp³-hybridized carbons (Fsp3) is 0.421. The highest BCUT2D eigenvalue weighted by molar-refractivity contribution is 7.89. The molecule has 29 heavy (non-hydrogen) atoms. The minimum absolute atomic E-state index is 0.148. The lowest BCUT2D eigenvalue weighted by molar-refractivity contribution is 0.0730. The van der Waals surface area contributed by atoms with E-state index in [4.69, 9.17) is 4.74 Å². The first-order valence-corrected chi connectivity index (χ1v) is 10.5. The third-order valence-corrected chi connectivity index (χ3v) is 6.27. The van der Waals surface area contributed by atoms with Crippen molar-refractivity contribution in [1.82, 2.24) is 14.3 Å². The van der Waals surface area contributed by atoms with Crippen LogP contribution in [0.3, 0.4) is 0 Å². The number of benzene rings is 1. The van der Waals surface area contributed by atoms with Gasteiger partial charge >= 0.3 is 0 Å². The predicted molar refractivity (Wildman–Crippen MR) is 105 cm³/mol. The van der Waals surface area contributed by atoms with Crippen molar-refractivity contribution in [2.45, 2.75) is 31.1 Å². The summed E-state index contributed by atoms with van der Waals surface area (Å²) in [5.41, 5.74) is -0.348. The van der Waals surface area contributed by atoms with E-state index in [2.05, 4.69) is 15.3 Å². The fourth-order valence-corrected chi connectivity index (χ4v) is 4.19. The van der Waals surface area contributed by atoms with E-state index < -0.39 is 21.7 Å². The van der Waals surface area contributed by atoms with Crippen LogP contribution in [0.25, 0.3) is 0 Å². The molecule has 2 heterocycles. The van der Waals surface area contributed by atoms with Gasteiger partial charge in [-0.3, -0.25) is 4.79 Å². The summed E-state index contributed by atoms with van der Waals surface area (Å²) >= 11 is 0. The van der Waals surface area contributed by atoms with E-state index in [1.165, 1.54) is 16.7 Å². The molecule has 10 heteroatoms. The zero-order chi connectivity index (χ0) is 21.2. The van der Waals surface area contributed by atoms with Crippen molar-refractivity contribution in [1.29, 1.82) is 0 Å². The Morgan fingerprint density at radius 3 is 2.38 bits per heavy atom. The summed E-state index contributed by atoms with van der Waals surface area (Å²) in [7, 11) is -3.85. The minimum atomic E-state index is -3.85. The normalized spacial score (nSPS) is 15.9. The second-order valence-electron chi connectivity index (χ2n) is 7.66. The number of hydrogen-bond donors (Lipinski definition) is 1. The molecule has 1 aromatic carbocycles. The number of morpholine rings is 1. The first-order chi connectivity index (χ1) is 13.6. The van der Waals surface area contributed by atoms with Crippen LogP contribution >= 0.6 is 0 Å². The Bertz CT molecular complexity index is 998. The first-order valence-electron chi connectivity index (χ1n) is 9.10. The van der Waals surface area contributed by atoms with Crippen LogP contribution in [0.1, 0.15) is 37.0 Å². The van der Waals surface area contributed by atoms with E-state index in [1.54, 1.807) is 0 Å². The average Bonchev–Trinajstić information content (AvgIpc) is 2.68. The zero-order valence-corrected chi connectivity index (χ0v) is 17.3. The summed E-state index contributed by atoms with van der Waals surface area (Å²) in [5, 5.41) is 2.50. The van der Waals surface area contributed by atoms with Crippen molar-refractivity contribution >= 4 is 21.6 Å². The number of hydrogen-bond acceptors (Lipinski definition) is 6. The summed E-state index contributed by atoms with van der Waals surface area (Å²) in [6, 6.07) is 3.17. The Kier molecular flexibility index (Phi) is 5.97. The van der Waals surface area contributed by atoms with E-state index in [9.17, 15) is 17.6 Å². The highest BCUT2D eigenvalue weighted by Crippen LogP contribution is 2.22. The maximum atomic E-state index is 14.3. The highest BCUT2D eigenvalue weighted by atomic mass is 32.2. The van der Waals surface area contributed by atoms with Crippen molar-refractivity contribution in [2.75, 3.05) is 31.6 Å². The van der Waals surface area contributed by atoms with Gasteiger partial charge in [-0.05, 0) is 18.2 Å². The smallest absolute Gasteiger partial charge is 0.258 e. The molecule has 0 atom stereocenters. The molecule has 0 bridgehead atoms. The van der Waals surface area contributed by atoms with E-state index in [0.717, 1.165) is 18.2 Å². The van der Waals surface area contributed by atoms with Crippen molar-refractivity contribution in [2.24, 2.45) is 0 Å². The van der Waals surface area contributed by atoms with Gasteiger partial charge in [0.15, 0.2) is 0 Å². The molecular weight excluding hydrogens is 399 g/mol. The van der Waals surface area contributed by atoms with Crippen LogP contribution in [-0.2, 0) is 20.2 Å². The summed E-state index contributed by atoms with van der Waals surface area (Å²) in [4.78, 5) is 20.8. The number of nitrogens with zero attached hydrogens (tertiary/aromatic N) is 3. The summed E-state index contributed by atoms with van der Waals surface area (Å²) in [6.45, 7) is 6.86. The fourth-order valence-electron chi connectivity index (χ4n) is 2.75. The van der Waals surface area contributed by atoms with Crippen LogP contribution in [-0.4, -0.2) is 54.9 Å². The standard InChI is InChI=1S/C19H23FN4O4S/c1-19(2,3)18-21-11-13(12-22-18)23-17(25)15-10-14(4-5-16(15)20)29(26,27)24-6-8-28-9-7-24/h4-5,10-12H,6-9H2,1-3H3,(H,23,25). The number of carbonyl (C=O) groups excluding carboxylic acids is 1. The topological polar surface area (TPSA) is 101 Å². The van der Waals surface area contributed by atoms with Crippen molar-refractivity contribution < 1.29 is 22.3 Å². The van der Waals surface area contributed by atoms with Crippen LogP contribution in [0.5, 0.6) is 0 Å². The molecule has 1 N–H and O–H groups in total. The molecule has 1 aliphatic rings. The van der Waals surface area contributed by atoms with E-state index in [1.807, 2.05) is 20.8 Å². The number of rotatable bonds is 4. The maximum Gasteiger partial charge on any atom is 0.258 e. The van der Waals surface area contributed by atoms with Crippen LogP contribution in [0, 0.1) is 5.82 Å². The van der Waals surface area contributed by atoms with Gasteiger partial charge < -0.3 is 10.1 Å². The van der Waals surface area contributed by atoms with Crippen molar-refractivity contribution in [3.63, 3.8) is 0 Å². The van der Waals surface area contributed by atoms with Crippen LogP contribution in [0.15, 0.2) is 35.5 Å². The van der Waals surface area contributed by atoms with Gasteiger partial charge in [-0.2, -0.15) is 4.31 Å². The largest absolute Gasteiger partial charge is 0.379 e. The van der Waals surface area contributed by atoms with Gasteiger partial charge in [0, 0.05) is 18.5 Å². The first kappa shape index (κ1) is 21.3. The Morgan fingerprint density at radius 2 is 1.79 bits per heavy atom. The van der Waals surface area contributed by atoms with Gasteiger partial charge in [0.05, 0.1) is 41.8 Å². The van der Waals surface area contributed by atoms with Gasteiger partial charge in [-0.15, -0.1) is 0 Å². The van der Waals surface area contributed by atoms with Crippen molar-refractivity contribution in [3.8, 4) is 0 Å². The second kappa shape index (κ2) is 8.13.